The van der Waals surface area contributed by atoms with E-state index in [9.17, 15) is 0 Å². The van der Waals surface area contributed by atoms with E-state index in [1.54, 1.807) is 0 Å². The molecule has 2 aliphatic heterocycles. The van der Waals surface area contributed by atoms with Crippen molar-refractivity contribution in [1.82, 2.24) is 44.9 Å². The van der Waals surface area contributed by atoms with Crippen molar-refractivity contribution in [2.45, 2.75) is 51.7 Å². The number of benzene rings is 17. The second-order valence-electron chi connectivity index (χ2n) is 32.5. The fraction of sp³-hybridized carbons (Fsp3) is 0.0885. The molecule has 0 unspecified atom stereocenters. The maximum absolute atomic E-state index is 6.56. The summed E-state index contributed by atoms with van der Waals surface area (Å²) >= 11 is 21.9. The van der Waals surface area contributed by atoms with Gasteiger partial charge in [0.2, 0.25) is 21.1 Å². The Balaban J connectivity index is 0.000000131. The predicted molar refractivity (Wildman–Crippen MR) is 541 cm³/mol. The van der Waals surface area contributed by atoms with Crippen molar-refractivity contribution in [3.63, 3.8) is 0 Å². The van der Waals surface area contributed by atoms with Crippen molar-refractivity contribution in [1.29, 1.82) is 0 Å². The molecule has 0 spiro atoms. The van der Waals surface area contributed by atoms with Gasteiger partial charge in [0.25, 0.3) is 0 Å². The topological polar surface area (TPSA) is 144 Å². The van der Waals surface area contributed by atoms with Crippen LogP contribution in [0.4, 0.5) is 0 Å². The molecule has 19 heteroatoms. The monoisotopic (exact) mass is 1870 g/mol. The average molecular weight is 1870 g/mol. The van der Waals surface area contributed by atoms with Crippen molar-refractivity contribution in [3.05, 3.63) is 409 Å². The summed E-state index contributed by atoms with van der Waals surface area (Å²) in [5, 5.41) is 10.1. The van der Waals surface area contributed by atoms with Crippen LogP contribution >= 0.6 is 46.4 Å². The van der Waals surface area contributed by atoms with Gasteiger partial charge in [0.05, 0.1) is 11.2 Å². The van der Waals surface area contributed by atoms with E-state index in [2.05, 4.69) is 318 Å². The first-order valence-corrected chi connectivity index (χ1v) is 44.7. The first-order valence-electron chi connectivity index (χ1n) is 43.2. The summed E-state index contributed by atoms with van der Waals surface area (Å²) in [5.41, 5.74) is 25.2. The fourth-order valence-corrected chi connectivity index (χ4v) is 18.3. The molecule has 2 fully saturated rings. The molecule has 12 nitrogen and oxygen atoms in total. The summed E-state index contributed by atoms with van der Waals surface area (Å²) in [5.74, 6) is 3.14. The summed E-state index contributed by atoms with van der Waals surface area (Å²) in [7, 11) is -0.422. The largest absolute Gasteiger partial charge is 2.00 e. The molecule has 0 saturated carbocycles. The van der Waals surface area contributed by atoms with Gasteiger partial charge in [0.1, 0.15) is 0 Å². The second kappa shape index (κ2) is 40.9. The number of rotatable bonds is 10. The Bertz CT molecular complexity index is 7110. The van der Waals surface area contributed by atoms with Crippen LogP contribution in [0.25, 0.3) is 189 Å². The van der Waals surface area contributed by atoms with Crippen molar-refractivity contribution in [3.8, 4) is 146 Å². The number of nitrogens with zero attached hydrogens (tertiary/aromatic N) is 9. The van der Waals surface area contributed by atoms with Gasteiger partial charge in [-0.05, 0) is 231 Å². The SMILES string of the molecule is C1CCOC1.CC1(C)OB(c2ccc3c4c(cccc24)-c2c-3c(-c3ccccc3)c3ccccc3c2-c2ccccc2)OC1(C)C.Clc1nc(-c2ccccc2)nc(-c2ccccc2)n1.Clc1nc(Cl)nc(Cl)n1.[Br-].[Mg+2].[c-]1ccccc1.c1ccc(-c2nc(-c3ccccc3)nc(-c3ccc4c5c(cccc35)-c3c-4c(-c4ccccc4)c4ccccc4c3-c3ccccc3)n2)cc1. The van der Waals surface area contributed by atoms with E-state index in [4.69, 9.17) is 75.4 Å². The van der Waals surface area contributed by atoms with Gasteiger partial charge < -0.3 is 31.0 Å². The molecule has 3 aromatic heterocycles. The van der Waals surface area contributed by atoms with Crippen molar-refractivity contribution >= 4 is 125 Å². The minimum absolute atomic E-state index is 0. The van der Waals surface area contributed by atoms with Gasteiger partial charge in [-0.2, -0.15) is 61.3 Å². The molecule has 0 atom stereocenters. The van der Waals surface area contributed by atoms with E-state index < -0.39 is 18.3 Å². The molecule has 2 saturated heterocycles. The molecule has 24 rings (SSSR count). The number of halogens is 5. The molecule has 0 radical (unpaired) electrons. The number of hydrogen-bond donors (Lipinski definition) is 0. The molecule has 5 heterocycles. The number of fused-ring (bicyclic) bond motifs is 8. The molecular weight excluding hydrogens is 1790 g/mol. The first kappa shape index (κ1) is 91.1. The van der Waals surface area contributed by atoms with Crippen LogP contribution in [0.1, 0.15) is 40.5 Å². The van der Waals surface area contributed by atoms with Crippen LogP contribution in [-0.2, 0) is 14.0 Å². The van der Waals surface area contributed by atoms with E-state index in [-0.39, 0.29) is 61.2 Å². The molecule has 2 aliphatic carbocycles. The van der Waals surface area contributed by atoms with Gasteiger partial charge in [-0.25, -0.2) is 19.9 Å². The molecule has 20 aromatic rings. The van der Waals surface area contributed by atoms with Gasteiger partial charge in [0.15, 0.2) is 29.1 Å². The maximum Gasteiger partial charge on any atom is 2.00 e. The van der Waals surface area contributed by atoms with E-state index in [1.807, 2.05) is 127 Å². The molecular formula is C113H83BBrCl4MgN9O3. The number of ether oxygens (including phenoxy) is 1. The van der Waals surface area contributed by atoms with E-state index >= 15 is 0 Å². The number of aromatic nitrogens is 9. The Morgan fingerprint density at radius 2 is 0.508 bits per heavy atom. The standard InChI is InChI=1S/C47H29N3.C38H31BO2.C15H10ClN3.C6H5.C4H8O.C3Cl3N3.BrH.Mg/c1-5-16-30(17-6-1)40-34-24-13-14-25-35(34)41(31-18-7-2-8-19-31)44-39-29-28-37(36-26-15-27-38(42(36)39)43(40)44)47-49-45(32-20-9-3-10-21-32)48-46(50-47)33-22-11-4-12-23-33;1-37(2)38(3,4)41-39(40-37)31-23-22-30-34-28(31)20-13-21-29(34)35-32(24-14-7-5-8-15-24)26-18-11-12-19-27(26)33(36(30)35)25-16-9-6-10-17-25;16-15-18-13(11-7-3-1-4-8-11)17-14(19-15)12-9-5-2-6-10-12;1-2-4-6-5-3-1;1-2-4-5-3-1;4-1-7-2(5)9-3(6)8-1;;/h1-29H;5-23H,1-4H3;1-10H;1-5H;1-4H2;;1H;/q;;;-1;;;;+2/p-1. The summed E-state index contributed by atoms with van der Waals surface area (Å²) in [6, 6.07) is 136. The first-order chi connectivity index (χ1) is 63.7. The third-order valence-corrected chi connectivity index (χ3v) is 24.7. The van der Waals surface area contributed by atoms with E-state index in [1.165, 1.54) is 140 Å². The van der Waals surface area contributed by atoms with Crippen LogP contribution in [0.15, 0.2) is 382 Å². The third-order valence-electron chi connectivity index (χ3n) is 24.0. The fourth-order valence-electron chi connectivity index (χ4n) is 17.5. The quantitative estimate of drug-likeness (QED) is 0.0949. The van der Waals surface area contributed by atoms with Crippen LogP contribution in [0, 0.1) is 6.07 Å². The summed E-state index contributed by atoms with van der Waals surface area (Å²) < 4.78 is 18.1. The average Bonchev–Trinajstić information content (AvgIpc) is 1.54. The molecule has 4 aliphatic rings. The van der Waals surface area contributed by atoms with Crippen LogP contribution in [0.3, 0.4) is 0 Å². The zero-order chi connectivity index (χ0) is 88.7. The molecule has 17 aromatic carbocycles. The molecule has 0 amide bonds. The second-order valence-corrected chi connectivity index (χ2v) is 33.9. The van der Waals surface area contributed by atoms with Crippen molar-refractivity contribution in [2.75, 3.05) is 13.2 Å². The van der Waals surface area contributed by atoms with Crippen LogP contribution in [0.5, 0.6) is 0 Å². The van der Waals surface area contributed by atoms with Gasteiger partial charge in [-0.1, -0.05) is 346 Å². The Morgan fingerprint density at radius 1 is 0.250 bits per heavy atom. The van der Waals surface area contributed by atoms with Gasteiger partial charge in [-0.3, -0.25) is 0 Å². The Hall–Kier alpha value is -12.8. The molecule has 638 valence electrons. The van der Waals surface area contributed by atoms with Gasteiger partial charge in [-0.15, -0.1) is 0 Å². The minimum atomic E-state index is -0.422. The number of hydrogen-bond acceptors (Lipinski definition) is 12. The molecule has 0 N–H and O–H groups in total. The maximum atomic E-state index is 6.56. The summed E-state index contributed by atoms with van der Waals surface area (Å²) in [6.07, 6.45) is 2.56. The molecule has 0 bridgehead atoms. The smallest absolute Gasteiger partial charge is 1.00 e. The van der Waals surface area contributed by atoms with Crippen molar-refractivity contribution < 1.29 is 31.0 Å². The zero-order valence-electron chi connectivity index (χ0n) is 72.6. The predicted octanol–water partition coefficient (Wildman–Crippen LogP) is 26.0. The summed E-state index contributed by atoms with van der Waals surface area (Å²) in [4.78, 5) is 38.4. The zero-order valence-corrected chi connectivity index (χ0v) is 78.6. The van der Waals surface area contributed by atoms with Crippen LogP contribution in [-0.4, -0.2) is 99.4 Å². The van der Waals surface area contributed by atoms with Crippen LogP contribution < -0.4 is 22.4 Å². The van der Waals surface area contributed by atoms with Crippen LogP contribution in [0.2, 0.25) is 21.1 Å². The van der Waals surface area contributed by atoms with E-state index in [0.29, 0.717) is 29.1 Å². The van der Waals surface area contributed by atoms with Crippen molar-refractivity contribution in [2.24, 2.45) is 0 Å². The minimum Gasteiger partial charge on any atom is -1.00 e. The Kier molecular flexibility index (Phi) is 28.2. The van der Waals surface area contributed by atoms with E-state index in [0.717, 1.165) is 51.9 Å². The van der Waals surface area contributed by atoms with Gasteiger partial charge in [0, 0.05) is 41.0 Å². The Morgan fingerprint density at radius 3 is 0.818 bits per heavy atom. The summed E-state index contributed by atoms with van der Waals surface area (Å²) in [6.45, 7) is 10.5. The third kappa shape index (κ3) is 18.9. The van der Waals surface area contributed by atoms with Gasteiger partial charge >= 0.3 is 30.2 Å². The normalized spacial score (nSPS) is 12.9. The Labute approximate surface area is 814 Å². The molecule has 132 heavy (non-hydrogen) atoms.